The first-order valence-corrected chi connectivity index (χ1v) is 5.68. The van der Waals surface area contributed by atoms with Crippen LogP contribution in [0.25, 0.3) is 0 Å². The Morgan fingerprint density at radius 2 is 1.71 bits per heavy atom. The van der Waals surface area contributed by atoms with E-state index in [4.69, 9.17) is 5.11 Å². The van der Waals surface area contributed by atoms with Crippen LogP contribution in [0.4, 0.5) is 0 Å². The number of aliphatic hydroxyl groups is 1. The minimum atomic E-state index is -0.0470. The van der Waals surface area contributed by atoms with Crippen molar-refractivity contribution in [3.63, 3.8) is 0 Å². The van der Waals surface area contributed by atoms with Crippen molar-refractivity contribution in [2.45, 2.75) is 12.5 Å². The number of nitrogens with zero attached hydrogens (tertiary/aromatic N) is 2. The minimum Gasteiger partial charge on any atom is -0.390 e. The zero-order chi connectivity index (χ0) is 9.80. The van der Waals surface area contributed by atoms with Gasteiger partial charge in [-0.1, -0.05) is 0 Å². The molecule has 14 heavy (non-hydrogen) atoms. The molecule has 2 fully saturated rings. The van der Waals surface area contributed by atoms with Gasteiger partial charge in [0.15, 0.2) is 0 Å². The van der Waals surface area contributed by atoms with Gasteiger partial charge in [-0.15, -0.1) is 0 Å². The summed E-state index contributed by atoms with van der Waals surface area (Å²) in [6.45, 7) is 8.83. The lowest BCUT2D eigenvalue weighted by atomic mass is 10.1. The van der Waals surface area contributed by atoms with E-state index in [-0.39, 0.29) is 6.10 Å². The van der Waals surface area contributed by atoms with Crippen LogP contribution in [0.5, 0.6) is 0 Å². The molecule has 0 aromatic carbocycles. The SMILES string of the molecule is OC1CN(CCCN2CCNCC2)C1. The van der Waals surface area contributed by atoms with Crippen molar-refractivity contribution in [3.8, 4) is 0 Å². The Balaban J connectivity index is 1.50. The van der Waals surface area contributed by atoms with E-state index in [1.807, 2.05) is 0 Å². The maximum absolute atomic E-state index is 9.11. The molecule has 0 atom stereocenters. The topological polar surface area (TPSA) is 38.7 Å². The van der Waals surface area contributed by atoms with Gasteiger partial charge in [-0.2, -0.15) is 0 Å². The van der Waals surface area contributed by atoms with Crippen LogP contribution in [-0.4, -0.2) is 73.4 Å². The highest BCUT2D eigenvalue weighted by Gasteiger charge is 2.23. The third-order valence-corrected chi connectivity index (χ3v) is 3.10. The summed E-state index contributed by atoms with van der Waals surface area (Å²) < 4.78 is 0. The highest BCUT2D eigenvalue weighted by molar-refractivity contribution is 4.78. The molecule has 2 heterocycles. The molecule has 4 nitrogen and oxygen atoms in total. The van der Waals surface area contributed by atoms with Crippen molar-refractivity contribution < 1.29 is 5.11 Å². The second kappa shape index (κ2) is 5.07. The van der Waals surface area contributed by atoms with E-state index < -0.39 is 0 Å². The van der Waals surface area contributed by atoms with Crippen LogP contribution in [0.1, 0.15) is 6.42 Å². The van der Waals surface area contributed by atoms with Crippen LogP contribution in [0.2, 0.25) is 0 Å². The van der Waals surface area contributed by atoms with E-state index in [2.05, 4.69) is 15.1 Å². The fourth-order valence-electron chi connectivity index (χ4n) is 2.18. The quantitative estimate of drug-likeness (QED) is 0.606. The smallest absolute Gasteiger partial charge is 0.0793 e. The Bertz CT molecular complexity index is 165. The molecule has 0 unspecified atom stereocenters. The summed E-state index contributed by atoms with van der Waals surface area (Å²) in [5, 5.41) is 12.5. The number of likely N-dealkylation sites (tertiary alicyclic amines) is 1. The van der Waals surface area contributed by atoms with Crippen LogP contribution in [0.3, 0.4) is 0 Å². The standard InChI is InChI=1S/C10H21N3O/c14-10-8-13(9-10)5-1-4-12-6-2-11-3-7-12/h10-11,14H,1-9H2. The van der Waals surface area contributed by atoms with Crippen LogP contribution < -0.4 is 5.32 Å². The first-order chi connectivity index (χ1) is 6.84. The van der Waals surface area contributed by atoms with Gasteiger partial charge < -0.3 is 15.3 Å². The van der Waals surface area contributed by atoms with E-state index in [0.717, 1.165) is 32.7 Å². The molecular formula is C10H21N3O. The lowest BCUT2D eigenvalue weighted by Gasteiger charge is -2.36. The average molecular weight is 199 g/mol. The van der Waals surface area contributed by atoms with Crippen LogP contribution in [-0.2, 0) is 0 Å². The third kappa shape index (κ3) is 2.92. The van der Waals surface area contributed by atoms with Crippen molar-refractivity contribution in [2.24, 2.45) is 0 Å². The third-order valence-electron chi connectivity index (χ3n) is 3.10. The second-order valence-electron chi connectivity index (χ2n) is 4.36. The highest BCUT2D eigenvalue weighted by Crippen LogP contribution is 2.07. The molecule has 0 aliphatic carbocycles. The normalized spacial score (nSPS) is 26.4. The van der Waals surface area contributed by atoms with Crippen LogP contribution in [0, 0.1) is 0 Å². The van der Waals surface area contributed by atoms with Crippen LogP contribution in [0.15, 0.2) is 0 Å². The van der Waals surface area contributed by atoms with Crippen molar-refractivity contribution in [3.05, 3.63) is 0 Å². The van der Waals surface area contributed by atoms with Gasteiger partial charge in [0.05, 0.1) is 6.10 Å². The first kappa shape index (κ1) is 10.4. The minimum absolute atomic E-state index is 0.0470. The van der Waals surface area contributed by atoms with Gasteiger partial charge in [-0.25, -0.2) is 0 Å². The predicted molar refractivity (Wildman–Crippen MR) is 56.4 cm³/mol. The molecule has 0 aromatic rings. The van der Waals surface area contributed by atoms with E-state index in [1.165, 1.54) is 26.1 Å². The molecule has 0 aromatic heterocycles. The van der Waals surface area contributed by atoms with Gasteiger partial charge in [0.25, 0.3) is 0 Å². The fourth-order valence-corrected chi connectivity index (χ4v) is 2.18. The Labute approximate surface area is 85.9 Å². The first-order valence-electron chi connectivity index (χ1n) is 5.68. The van der Waals surface area contributed by atoms with E-state index >= 15 is 0 Å². The Morgan fingerprint density at radius 1 is 1.07 bits per heavy atom. The average Bonchev–Trinajstić information content (AvgIpc) is 2.17. The Morgan fingerprint density at radius 3 is 2.36 bits per heavy atom. The summed E-state index contributed by atoms with van der Waals surface area (Å²) in [7, 11) is 0. The van der Waals surface area contributed by atoms with Crippen molar-refractivity contribution in [1.29, 1.82) is 0 Å². The Kier molecular flexibility index (Phi) is 3.75. The molecule has 0 spiro atoms. The summed E-state index contributed by atoms with van der Waals surface area (Å²) in [6.07, 6.45) is 1.20. The molecule has 2 aliphatic rings. The molecule has 4 heteroatoms. The number of aliphatic hydroxyl groups excluding tert-OH is 1. The van der Waals surface area contributed by atoms with Crippen LogP contribution >= 0.6 is 0 Å². The maximum atomic E-state index is 9.11. The van der Waals surface area contributed by atoms with Gasteiger partial charge in [-0.3, -0.25) is 4.90 Å². The van der Waals surface area contributed by atoms with Crippen molar-refractivity contribution in [1.82, 2.24) is 15.1 Å². The zero-order valence-electron chi connectivity index (χ0n) is 8.78. The molecule has 2 saturated heterocycles. The molecule has 0 radical (unpaired) electrons. The molecule has 2 rings (SSSR count). The second-order valence-corrected chi connectivity index (χ2v) is 4.36. The molecule has 0 amide bonds. The molecule has 0 bridgehead atoms. The summed E-state index contributed by atoms with van der Waals surface area (Å²) in [4.78, 5) is 4.85. The Hall–Kier alpha value is -0.160. The zero-order valence-corrected chi connectivity index (χ0v) is 8.78. The fraction of sp³-hybridized carbons (Fsp3) is 1.00. The highest BCUT2D eigenvalue weighted by atomic mass is 16.3. The number of hydrogen-bond donors (Lipinski definition) is 2. The summed E-state index contributed by atoms with van der Waals surface area (Å²) in [5.74, 6) is 0. The summed E-state index contributed by atoms with van der Waals surface area (Å²) >= 11 is 0. The molecular weight excluding hydrogens is 178 g/mol. The van der Waals surface area contributed by atoms with Crippen molar-refractivity contribution in [2.75, 3.05) is 52.4 Å². The van der Waals surface area contributed by atoms with Gasteiger partial charge in [0.2, 0.25) is 0 Å². The number of nitrogens with one attached hydrogen (secondary N) is 1. The van der Waals surface area contributed by atoms with Gasteiger partial charge in [0, 0.05) is 39.3 Å². The number of rotatable bonds is 4. The lowest BCUT2D eigenvalue weighted by molar-refractivity contribution is 0.000325. The van der Waals surface area contributed by atoms with Crippen molar-refractivity contribution >= 4 is 0 Å². The summed E-state index contributed by atoms with van der Waals surface area (Å²) in [6, 6.07) is 0. The molecule has 2 aliphatic heterocycles. The number of hydrogen-bond acceptors (Lipinski definition) is 4. The summed E-state index contributed by atoms with van der Waals surface area (Å²) in [5.41, 5.74) is 0. The maximum Gasteiger partial charge on any atom is 0.0793 e. The monoisotopic (exact) mass is 199 g/mol. The van der Waals surface area contributed by atoms with Gasteiger partial charge in [-0.05, 0) is 19.5 Å². The number of piperazine rings is 1. The van der Waals surface area contributed by atoms with E-state index in [1.54, 1.807) is 0 Å². The molecule has 82 valence electrons. The number of β-amino-alcohol motifs (C(OH)–C–C–N with tert-alkyl or cyclic N) is 1. The van der Waals surface area contributed by atoms with Gasteiger partial charge in [0.1, 0.15) is 0 Å². The van der Waals surface area contributed by atoms with E-state index in [0.29, 0.717) is 0 Å². The largest absolute Gasteiger partial charge is 0.390 e. The predicted octanol–water partition coefficient (Wildman–Crippen LogP) is -1.04. The van der Waals surface area contributed by atoms with Gasteiger partial charge >= 0.3 is 0 Å². The molecule has 0 saturated carbocycles. The lowest BCUT2D eigenvalue weighted by Crippen LogP contribution is -2.51. The van der Waals surface area contributed by atoms with E-state index in [9.17, 15) is 0 Å². The molecule has 2 N–H and O–H groups in total.